The van der Waals surface area contributed by atoms with Gasteiger partial charge < -0.3 is 21.1 Å². The van der Waals surface area contributed by atoms with Gasteiger partial charge in [0.1, 0.15) is 23.1 Å². The van der Waals surface area contributed by atoms with Crippen LogP contribution in [0.15, 0.2) is 35.5 Å². The number of amidine groups is 1. The molecular formula is C20H24F3N5O. The van der Waals surface area contributed by atoms with Crippen molar-refractivity contribution in [2.24, 2.45) is 10.7 Å². The Hall–Kier alpha value is -2.65. The topological polar surface area (TPSA) is 84.6 Å². The summed E-state index contributed by atoms with van der Waals surface area (Å²) in [5.41, 5.74) is 5.98. The number of benzene rings is 1. The summed E-state index contributed by atoms with van der Waals surface area (Å²) in [7, 11) is 1.60. The van der Waals surface area contributed by atoms with Gasteiger partial charge in [0.15, 0.2) is 0 Å². The lowest BCUT2D eigenvalue weighted by Gasteiger charge is -2.38. The molecule has 0 fully saturated rings. The Bertz CT molecular complexity index is 921. The van der Waals surface area contributed by atoms with Gasteiger partial charge in [0.2, 0.25) is 0 Å². The molecule has 0 radical (unpaired) electrons. The Morgan fingerprint density at radius 3 is 2.72 bits per heavy atom. The molecule has 6 nitrogen and oxygen atoms in total. The van der Waals surface area contributed by atoms with Crippen molar-refractivity contribution in [1.82, 2.24) is 4.98 Å². The molecule has 0 bridgehead atoms. The van der Waals surface area contributed by atoms with E-state index in [1.807, 2.05) is 0 Å². The number of aromatic nitrogens is 1. The van der Waals surface area contributed by atoms with Crippen LogP contribution in [0.2, 0.25) is 0 Å². The molecule has 2 aromatic rings. The van der Waals surface area contributed by atoms with Gasteiger partial charge in [-0.15, -0.1) is 0 Å². The van der Waals surface area contributed by atoms with Crippen LogP contribution in [0.1, 0.15) is 42.9 Å². The van der Waals surface area contributed by atoms with Gasteiger partial charge in [-0.1, -0.05) is 25.1 Å². The summed E-state index contributed by atoms with van der Waals surface area (Å²) in [5, 5.41) is 6.22. The standard InChI is InChI=1S/C20H24F3N5O/c1-11(13-5-4-6-14(18(13)21)19(22)23)20(24)15-9-17(25-7-8-29-3)26-10-16(15)27-12(2)28-20/h4-6,9-11,19H,7-8,24H2,1-3H3,(H,25,26)(H,27,28)/t11-,20?/m1/s1. The molecule has 29 heavy (non-hydrogen) atoms. The van der Waals surface area contributed by atoms with E-state index in [-0.39, 0.29) is 5.56 Å². The zero-order valence-electron chi connectivity index (χ0n) is 16.5. The molecule has 2 atom stereocenters. The summed E-state index contributed by atoms with van der Waals surface area (Å²) in [4.78, 5) is 8.87. The Kier molecular flexibility index (Phi) is 6.09. The van der Waals surface area contributed by atoms with Gasteiger partial charge in [-0.25, -0.2) is 23.1 Å². The first-order valence-corrected chi connectivity index (χ1v) is 9.20. The summed E-state index contributed by atoms with van der Waals surface area (Å²) in [6.45, 7) is 4.44. The maximum absolute atomic E-state index is 14.8. The molecule has 2 heterocycles. The van der Waals surface area contributed by atoms with E-state index in [1.165, 1.54) is 12.1 Å². The molecule has 0 amide bonds. The Labute approximate surface area is 167 Å². The molecule has 9 heteroatoms. The molecule has 156 valence electrons. The predicted octanol–water partition coefficient (Wildman–Crippen LogP) is 3.98. The molecule has 1 aliphatic heterocycles. The number of methoxy groups -OCH3 is 1. The van der Waals surface area contributed by atoms with Gasteiger partial charge in [0.25, 0.3) is 6.43 Å². The van der Waals surface area contributed by atoms with E-state index < -0.39 is 29.4 Å². The first kappa shape index (κ1) is 21.1. The molecule has 1 unspecified atom stereocenters. The number of rotatable bonds is 7. The highest BCUT2D eigenvalue weighted by Crippen LogP contribution is 2.43. The number of hydrogen-bond donors (Lipinski definition) is 3. The zero-order chi connectivity index (χ0) is 21.2. The maximum atomic E-state index is 14.8. The summed E-state index contributed by atoms with van der Waals surface area (Å²) in [6.07, 6.45) is -1.30. The minimum atomic E-state index is -2.91. The van der Waals surface area contributed by atoms with Crippen LogP contribution < -0.4 is 16.4 Å². The number of fused-ring (bicyclic) bond motifs is 1. The highest BCUT2D eigenvalue weighted by Gasteiger charge is 2.41. The van der Waals surface area contributed by atoms with Crippen LogP contribution in [0.25, 0.3) is 0 Å². The van der Waals surface area contributed by atoms with Gasteiger partial charge in [0.05, 0.1) is 24.1 Å². The number of halogens is 3. The van der Waals surface area contributed by atoms with E-state index in [0.29, 0.717) is 36.1 Å². The maximum Gasteiger partial charge on any atom is 0.266 e. The average Bonchev–Trinajstić information content (AvgIpc) is 2.68. The molecule has 0 saturated carbocycles. The van der Waals surface area contributed by atoms with E-state index >= 15 is 0 Å². The van der Waals surface area contributed by atoms with Crippen molar-refractivity contribution in [2.45, 2.75) is 31.9 Å². The number of ether oxygens (including phenoxy) is 1. The number of aliphatic imine (C=N–C) groups is 1. The number of anilines is 2. The van der Waals surface area contributed by atoms with E-state index in [9.17, 15) is 13.2 Å². The van der Waals surface area contributed by atoms with Crippen LogP contribution in [0.4, 0.5) is 24.7 Å². The van der Waals surface area contributed by atoms with E-state index in [1.54, 1.807) is 33.2 Å². The van der Waals surface area contributed by atoms with Crippen molar-refractivity contribution < 1.29 is 17.9 Å². The highest BCUT2D eigenvalue weighted by molar-refractivity contribution is 5.96. The predicted molar refractivity (Wildman–Crippen MR) is 107 cm³/mol. The molecule has 3 rings (SSSR count). The number of nitrogens with zero attached hydrogens (tertiary/aromatic N) is 2. The molecule has 0 aliphatic carbocycles. The minimum absolute atomic E-state index is 0.0837. The third-order valence-electron chi connectivity index (χ3n) is 5.04. The van der Waals surface area contributed by atoms with Gasteiger partial charge >= 0.3 is 0 Å². The third-order valence-corrected chi connectivity index (χ3v) is 5.04. The number of nitrogens with one attached hydrogen (secondary N) is 2. The second kappa shape index (κ2) is 8.38. The largest absolute Gasteiger partial charge is 0.383 e. The van der Waals surface area contributed by atoms with Crippen molar-refractivity contribution in [3.63, 3.8) is 0 Å². The summed E-state index contributed by atoms with van der Waals surface area (Å²) < 4.78 is 46.2. The van der Waals surface area contributed by atoms with Crippen LogP contribution in [0.5, 0.6) is 0 Å². The molecule has 1 aliphatic rings. The molecule has 1 aromatic carbocycles. The smallest absolute Gasteiger partial charge is 0.266 e. The average molecular weight is 407 g/mol. The quantitative estimate of drug-likeness (QED) is 0.605. The summed E-state index contributed by atoms with van der Waals surface area (Å²) in [5.74, 6) is -0.591. The summed E-state index contributed by atoms with van der Waals surface area (Å²) >= 11 is 0. The minimum Gasteiger partial charge on any atom is -0.383 e. The lowest BCUT2D eigenvalue weighted by atomic mass is 9.81. The van der Waals surface area contributed by atoms with Gasteiger partial charge in [-0.3, -0.25) is 0 Å². The van der Waals surface area contributed by atoms with Crippen molar-refractivity contribution in [3.05, 3.63) is 53.0 Å². The highest BCUT2D eigenvalue weighted by atomic mass is 19.3. The molecule has 4 N–H and O–H groups in total. The fourth-order valence-electron chi connectivity index (χ4n) is 3.46. The summed E-state index contributed by atoms with van der Waals surface area (Å²) in [6, 6.07) is 5.68. The van der Waals surface area contributed by atoms with Gasteiger partial charge in [-0.2, -0.15) is 0 Å². The van der Waals surface area contributed by atoms with Crippen LogP contribution in [-0.2, 0) is 10.4 Å². The van der Waals surface area contributed by atoms with Crippen LogP contribution >= 0.6 is 0 Å². The lowest BCUT2D eigenvalue weighted by Crippen LogP contribution is -2.45. The van der Waals surface area contributed by atoms with Crippen molar-refractivity contribution in [2.75, 3.05) is 30.9 Å². The second-order valence-corrected chi connectivity index (χ2v) is 6.96. The number of pyridine rings is 1. The second-order valence-electron chi connectivity index (χ2n) is 6.96. The molecule has 1 aromatic heterocycles. The number of hydrogen-bond acceptors (Lipinski definition) is 6. The monoisotopic (exact) mass is 407 g/mol. The number of alkyl halides is 2. The van der Waals surface area contributed by atoms with Crippen molar-refractivity contribution >= 4 is 17.3 Å². The van der Waals surface area contributed by atoms with Crippen LogP contribution in [-0.4, -0.2) is 31.1 Å². The zero-order valence-corrected chi connectivity index (χ0v) is 16.5. The fraction of sp³-hybridized carbons (Fsp3) is 0.400. The molecular weight excluding hydrogens is 383 g/mol. The van der Waals surface area contributed by atoms with E-state index in [2.05, 4.69) is 20.6 Å². The van der Waals surface area contributed by atoms with Crippen LogP contribution in [0.3, 0.4) is 0 Å². The Balaban J connectivity index is 2.05. The Morgan fingerprint density at radius 2 is 2.03 bits per heavy atom. The Morgan fingerprint density at radius 1 is 1.31 bits per heavy atom. The number of nitrogens with two attached hydrogens (primary N) is 1. The van der Waals surface area contributed by atoms with Gasteiger partial charge in [-0.05, 0) is 18.6 Å². The SMILES string of the molecule is COCCNc1cc2c(cn1)NC(C)=NC2(N)[C@H](C)c1cccc(C(F)F)c1F. The van der Waals surface area contributed by atoms with Gasteiger partial charge in [0, 0.05) is 25.1 Å². The van der Waals surface area contributed by atoms with Crippen LogP contribution in [0, 0.1) is 5.82 Å². The first-order valence-electron chi connectivity index (χ1n) is 9.20. The molecule has 0 saturated heterocycles. The van der Waals surface area contributed by atoms with Crippen molar-refractivity contribution in [3.8, 4) is 0 Å². The fourth-order valence-corrected chi connectivity index (χ4v) is 3.46. The first-order chi connectivity index (χ1) is 13.8. The lowest BCUT2D eigenvalue weighted by molar-refractivity contribution is 0.145. The normalized spacial score (nSPS) is 19.4. The van der Waals surface area contributed by atoms with E-state index in [4.69, 9.17) is 10.5 Å². The third kappa shape index (κ3) is 4.06. The molecule has 0 spiro atoms. The van der Waals surface area contributed by atoms with E-state index in [0.717, 1.165) is 6.07 Å². The van der Waals surface area contributed by atoms with Crippen molar-refractivity contribution in [1.29, 1.82) is 0 Å².